The first-order valence-electron chi connectivity index (χ1n) is 9.78. The standard InChI is InChI=1S/C23H29ClN2O3/c1-16(2)13-25-23(28)18(4)26(14-19-10-6-5-9-17(19)3)22(27)15-29-21-12-8-7-11-20(21)24/h5-12,16,18H,13-15H2,1-4H3,(H,25,28)/t18-/m1/s1. The van der Waals surface area contributed by atoms with E-state index in [-0.39, 0.29) is 18.4 Å². The molecule has 6 heteroatoms. The molecule has 1 atom stereocenters. The summed E-state index contributed by atoms with van der Waals surface area (Å²) in [7, 11) is 0. The lowest BCUT2D eigenvalue weighted by Gasteiger charge is -2.29. The molecule has 2 aromatic rings. The lowest BCUT2D eigenvalue weighted by atomic mass is 10.1. The number of ether oxygens (including phenoxy) is 1. The Morgan fingerprint density at radius 1 is 1.07 bits per heavy atom. The maximum atomic E-state index is 13.0. The fraction of sp³-hybridized carbons (Fsp3) is 0.391. The zero-order valence-electron chi connectivity index (χ0n) is 17.4. The Morgan fingerprint density at radius 2 is 1.72 bits per heavy atom. The molecular weight excluding hydrogens is 388 g/mol. The zero-order chi connectivity index (χ0) is 21.4. The summed E-state index contributed by atoms with van der Waals surface area (Å²) >= 11 is 6.11. The van der Waals surface area contributed by atoms with Crippen molar-refractivity contribution in [3.63, 3.8) is 0 Å². The number of benzene rings is 2. The highest BCUT2D eigenvalue weighted by Gasteiger charge is 2.27. The van der Waals surface area contributed by atoms with Crippen LogP contribution in [0.15, 0.2) is 48.5 Å². The minimum atomic E-state index is -0.629. The molecule has 0 saturated carbocycles. The van der Waals surface area contributed by atoms with Crippen LogP contribution in [0, 0.1) is 12.8 Å². The Labute approximate surface area is 178 Å². The highest BCUT2D eigenvalue weighted by Crippen LogP contribution is 2.23. The van der Waals surface area contributed by atoms with Crippen LogP contribution in [0.25, 0.3) is 0 Å². The molecule has 5 nitrogen and oxygen atoms in total. The summed E-state index contributed by atoms with van der Waals surface area (Å²) in [6.45, 7) is 8.47. The maximum absolute atomic E-state index is 13.0. The molecule has 2 amide bonds. The topological polar surface area (TPSA) is 58.6 Å². The second-order valence-corrected chi connectivity index (χ2v) is 7.89. The summed E-state index contributed by atoms with van der Waals surface area (Å²) < 4.78 is 5.62. The molecule has 0 aromatic heterocycles. The van der Waals surface area contributed by atoms with Crippen molar-refractivity contribution in [2.24, 2.45) is 5.92 Å². The van der Waals surface area contributed by atoms with Gasteiger partial charge < -0.3 is 15.0 Å². The van der Waals surface area contributed by atoms with E-state index in [9.17, 15) is 9.59 Å². The van der Waals surface area contributed by atoms with E-state index in [2.05, 4.69) is 5.32 Å². The van der Waals surface area contributed by atoms with E-state index in [4.69, 9.17) is 16.3 Å². The third-order valence-electron chi connectivity index (χ3n) is 4.64. The molecule has 0 aliphatic carbocycles. The third kappa shape index (κ3) is 6.79. The lowest BCUT2D eigenvalue weighted by Crippen LogP contribution is -2.49. The van der Waals surface area contributed by atoms with Crippen LogP contribution in [0.3, 0.4) is 0 Å². The Hall–Kier alpha value is -2.53. The molecule has 2 aromatic carbocycles. The minimum absolute atomic E-state index is 0.182. The first kappa shape index (κ1) is 22.8. The van der Waals surface area contributed by atoms with Crippen molar-refractivity contribution >= 4 is 23.4 Å². The molecule has 0 radical (unpaired) electrons. The smallest absolute Gasteiger partial charge is 0.261 e. The van der Waals surface area contributed by atoms with Gasteiger partial charge in [0.15, 0.2) is 6.61 Å². The molecule has 0 fully saturated rings. The number of rotatable bonds is 9. The van der Waals surface area contributed by atoms with E-state index in [1.54, 1.807) is 36.1 Å². The van der Waals surface area contributed by atoms with Crippen molar-refractivity contribution in [2.45, 2.75) is 40.3 Å². The number of amides is 2. The number of nitrogens with one attached hydrogen (secondary N) is 1. The molecule has 0 unspecified atom stereocenters. The summed E-state index contributed by atoms with van der Waals surface area (Å²) in [4.78, 5) is 27.2. The number of aryl methyl sites for hydroxylation is 1. The summed E-state index contributed by atoms with van der Waals surface area (Å²) in [5.41, 5.74) is 2.05. The van der Waals surface area contributed by atoms with Crippen LogP contribution in [0.2, 0.25) is 5.02 Å². The van der Waals surface area contributed by atoms with E-state index in [0.29, 0.717) is 29.8 Å². The predicted molar refractivity (Wildman–Crippen MR) is 116 cm³/mol. The van der Waals surface area contributed by atoms with Crippen molar-refractivity contribution in [1.29, 1.82) is 0 Å². The number of carbonyl (C=O) groups is 2. The Bertz CT molecular complexity index is 838. The molecule has 156 valence electrons. The van der Waals surface area contributed by atoms with Crippen molar-refractivity contribution in [3.05, 3.63) is 64.7 Å². The van der Waals surface area contributed by atoms with Gasteiger partial charge in [-0.2, -0.15) is 0 Å². The van der Waals surface area contributed by atoms with Crippen LogP contribution >= 0.6 is 11.6 Å². The average Bonchev–Trinajstić information content (AvgIpc) is 2.70. The Balaban J connectivity index is 2.16. The van der Waals surface area contributed by atoms with E-state index in [0.717, 1.165) is 11.1 Å². The number of hydrogen-bond acceptors (Lipinski definition) is 3. The molecule has 0 bridgehead atoms. The van der Waals surface area contributed by atoms with Gasteiger partial charge in [0.2, 0.25) is 5.91 Å². The normalized spacial score (nSPS) is 11.8. The van der Waals surface area contributed by atoms with Crippen molar-refractivity contribution in [1.82, 2.24) is 10.2 Å². The second kappa shape index (κ2) is 10.9. The van der Waals surface area contributed by atoms with Gasteiger partial charge in [-0.05, 0) is 43.0 Å². The van der Waals surface area contributed by atoms with E-state index < -0.39 is 6.04 Å². The van der Waals surface area contributed by atoms with E-state index >= 15 is 0 Å². The largest absolute Gasteiger partial charge is 0.482 e. The van der Waals surface area contributed by atoms with Gasteiger partial charge >= 0.3 is 0 Å². The fourth-order valence-electron chi connectivity index (χ4n) is 2.79. The molecule has 0 spiro atoms. The van der Waals surface area contributed by atoms with Crippen LogP contribution < -0.4 is 10.1 Å². The molecule has 0 aliphatic heterocycles. The van der Waals surface area contributed by atoms with Gasteiger partial charge in [0.25, 0.3) is 5.91 Å². The number of hydrogen-bond donors (Lipinski definition) is 1. The van der Waals surface area contributed by atoms with Crippen molar-refractivity contribution < 1.29 is 14.3 Å². The first-order valence-corrected chi connectivity index (χ1v) is 10.2. The SMILES string of the molecule is Cc1ccccc1CN(C(=O)COc1ccccc1Cl)[C@H](C)C(=O)NCC(C)C. The predicted octanol–water partition coefficient (Wildman–Crippen LogP) is 4.22. The quantitative estimate of drug-likeness (QED) is 0.665. The first-order chi connectivity index (χ1) is 13.8. The summed E-state index contributed by atoms with van der Waals surface area (Å²) in [5, 5.41) is 3.34. The van der Waals surface area contributed by atoms with Gasteiger partial charge in [0.1, 0.15) is 11.8 Å². The summed E-state index contributed by atoms with van der Waals surface area (Å²) in [6, 6.07) is 14.2. The Kier molecular flexibility index (Phi) is 8.52. The van der Waals surface area contributed by atoms with Crippen LogP contribution in [0.4, 0.5) is 0 Å². The number of nitrogens with zero attached hydrogens (tertiary/aromatic N) is 1. The molecule has 0 saturated heterocycles. The fourth-order valence-corrected chi connectivity index (χ4v) is 2.98. The van der Waals surface area contributed by atoms with Gasteiger partial charge in [0, 0.05) is 13.1 Å². The molecule has 0 heterocycles. The van der Waals surface area contributed by atoms with Crippen molar-refractivity contribution in [3.8, 4) is 5.75 Å². The van der Waals surface area contributed by atoms with Crippen molar-refractivity contribution in [2.75, 3.05) is 13.2 Å². The lowest BCUT2D eigenvalue weighted by molar-refractivity contribution is -0.142. The second-order valence-electron chi connectivity index (χ2n) is 7.48. The maximum Gasteiger partial charge on any atom is 0.261 e. The van der Waals surface area contributed by atoms with Crippen LogP contribution in [-0.2, 0) is 16.1 Å². The van der Waals surface area contributed by atoms with E-state index in [1.807, 2.05) is 45.0 Å². The summed E-state index contributed by atoms with van der Waals surface area (Å²) in [5.74, 6) is 0.309. The molecule has 1 N–H and O–H groups in total. The van der Waals surface area contributed by atoms with Crippen LogP contribution in [0.5, 0.6) is 5.75 Å². The molecule has 0 aliphatic rings. The minimum Gasteiger partial charge on any atom is -0.482 e. The van der Waals surface area contributed by atoms with Crippen LogP contribution in [0.1, 0.15) is 31.9 Å². The summed E-state index contributed by atoms with van der Waals surface area (Å²) in [6.07, 6.45) is 0. The highest BCUT2D eigenvalue weighted by molar-refractivity contribution is 6.32. The molecule has 29 heavy (non-hydrogen) atoms. The Morgan fingerprint density at radius 3 is 2.38 bits per heavy atom. The van der Waals surface area contributed by atoms with Gasteiger partial charge in [0.05, 0.1) is 5.02 Å². The highest BCUT2D eigenvalue weighted by atomic mass is 35.5. The van der Waals surface area contributed by atoms with Gasteiger partial charge in [-0.25, -0.2) is 0 Å². The zero-order valence-corrected chi connectivity index (χ0v) is 18.2. The van der Waals surface area contributed by atoms with Gasteiger partial charge in [-0.15, -0.1) is 0 Å². The van der Waals surface area contributed by atoms with E-state index in [1.165, 1.54) is 0 Å². The number of para-hydroxylation sites is 1. The molecular formula is C23H29ClN2O3. The number of carbonyl (C=O) groups excluding carboxylic acids is 2. The van der Waals surface area contributed by atoms with Gasteiger partial charge in [-0.3, -0.25) is 9.59 Å². The third-order valence-corrected chi connectivity index (χ3v) is 4.95. The number of halogens is 1. The monoisotopic (exact) mass is 416 g/mol. The van der Waals surface area contributed by atoms with Crippen LogP contribution in [-0.4, -0.2) is 35.9 Å². The van der Waals surface area contributed by atoms with Gasteiger partial charge in [-0.1, -0.05) is 61.8 Å². The average molecular weight is 417 g/mol. The molecule has 2 rings (SSSR count).